The molecule has 0 saturated heterocycles. The zero-order valence-corrected chi connectivity index (χ0v) is 9.60. The molecule has 4 heteroatoms. The second kappa shape index (κ2) is 6.56. The fourth-order valence-electron chi connectivity index (χ4n) is 1.33. The molecule has 0 aromatic heterocycles. The molecule has 0 amide bonds. The molecule has 0 fully saturated rings. The Balaban J connectivity index is 2.72. The van der Waals surface area contributed by atoms with Gasteiger partial charge in [0.05, 0.1) is 20.3 Å². The fraction of sp³-hybridized carbons (Fsp3) is 0.308. The van der Waals surface area contributed by atoms with Crippen LogP contribution in [0.25, 0.3) is 0 Å². The zero-order chi connectivity index (χ0) is 12.7. The van der Waals surface area contributed by atoms with E-state index in [-0.39, 0.29) is 5.56 Å². The third-order valence-corrected chi connectivity index (χ3v) is 2.15. The van der Waals surface area contributed by atoms with Crippen molar-refractivity contribution in [1.29, 1.82) is 0 Å². The van der Waals surface area contributed by atoms with Crippen molar-refractivity contribution in [2.75, 3.05) is 13.7 Å². The van der Waals surface area contributed by atoms with Crippen molar-refractivity contribution in [2.45, 2.75) is 13.0 Å². The maximum absolute atomic E-state index is 11.0. The van der Waals surface area contributed by atoms with Gasteiger partial charge in [0.1, 0.15) is 11.3 Å². The molecule has 0 atom stereocenters. The Kier molecular flexibility index (Phi) is 5.05. The minimum atomic E-state index is -1.02. The van der Waals surface area contributed by atoms with Crippen LogP contribution in [0, 0.1) is 12.3 Å². The van der Waals surface area contributed by atoms with Gasteiger partial charge in [-0.3, -0.25) is 0 Å². The minimum absolute atomic E-state index is 0.130. The second-order valence-corrected chi connectivity index (χ2v) is 3.35. The van der Waals surface area contributed by atoms with Crippen molar-refractivity contribution in [2.24, 2.45) is 0 Å². The third-order valence-electron chi connectivity index (χ3n) is 2.15. The minimum Gasteiger partial charge on any atom is -0.496 e. The summed E-state index contributed by atoms with van der Waals surface area (Å²) in [6, 6.07) is 4.92. The Labute approximate surface area is 100 Å². The van der Waals surface area contributed by atoms with E-state index in [1.54, 1.807) is 12.1 Å². The molecule has 0 radical (unpaired) electrons. The lowest BCUT2D eigenvalue weighted by molar-refractivity contribution is 0.0692. The van der Waals surface area contributed by atoms with Gasteiger partial charge in [-0.2, -0.15) is 0 Å². The highest BCUT2D eigenvalue weighted by molar-refractivity contribution is 5.91. The van der Waals surface area contributed by atoms with E-state index in [9.17, 15) is 4.79 Å². The molecular formula is C13H14O4. The summed E-state index contributed by atoms with van der Waals surface area (Å²) in [5.41, 5.74) is 0.908. The maximum Gasteiger partial charge on any atom is 0.339 e. The molecule has 0 aliphatic rings. The highest BCUT2D eigenvalue weighted by Crippen LogP contribution is 2.20. The molecule has 90 valence electrons. The van der Waals surface area contributed by atoms with Crippen molar-refractivity contribution >= 4 is 5.97 Å². The number of hydrogen-bond acceptors (Lipinski definition) is 3. The molecule has 1 aromatic rings. The Bertz CT molecular complexity index is 432. The van der Waals surface area contributed by atoms with Crippen molar-refractivity contribution in [1.82, 2.24) is 0 Å². The lowest BCUT2D eigenvalue weighted by Gasteiger charge is -2.07. The Hall–Kier alpha value is -1.99. The van der Waals surface area contributed by atoms with Crippen LogP contribution in [-0.2, 0) is 11.3 Å². The molecule has 0 aliphatic heterocycles. The number of aromatic carboxylic acids is 1. The predicted octanol–water partition coefficient (Wildman–Crippen LogP) is 1.93. The van der Waals surface area contributed by atoms with Crippen LogP contribution in [0.1, 0.15) is 22.3 Å². The summed E-state index contributed by atoms with van der Waals surface area (Å²) in [7, 11) is 1.44. The van der Waals surface area contributed by atoms with Crippen LogP contribution in [0.4, 0.5) is 0 Å². The first-order valence-corrected chi connectivity index (χ1v) is 5.10. The van der Waals surface area contributed by atoms with Crippen LogP contribution in [-0.4, -0.2) is 24.8 Å². The van der Waals surface area contributed by atoms with Gasteiger partial charge in [0.15, 0.2) is 0 Å². The van der Waals surface area contributed by atoms with Crippen LogP contribution in [0.5, 0.6) is 5.75 Å². The number of benzene rings is 1. The number of carbonyl (C=O) groups is 1. The van der Waals surface area contributed by atoms with Gasteiger partial charge in [-0.15, -0.1) is 12.3 Å². The number of carboxylic acid groups (broad SMARTS) is 1. The smallest absolute Gasteiger partial charge is 0.339 e. The fourth-order valence-corrected chi connectivity index (χ4v) is 1.33. The van der Waals surface area contributed by atoms with Gasteiger partial charge in [0.25, 0.3) is 0 Å². The molecule has 0 spiro atoms. The lowest BCUT2D eigenvalue weighted by Crippen LogP contribution is -2.03. The van der Waals surface area contributed by atoms with Crippen molar-refractivity contribution in [3.05, 3.63) is 29.3 Å². The van der Waals surface area contributed by atoms with Crippen LogP contribution in [0.2, 0.25) is 0 Å². The number of carboxylic acids is 1. The van der Waals surface area contributed by atoms with E-state index >= 15 is 0 Å². The molecule has 1 rings (SSSR count). The van der Waals surface area contributed by atoms with E-state index in [0.29, 0.717) is 25.4 Å². The van der Waals surface area contributed by atoms with E-state index in [0.717, 1.165) is 5.56 Å². The first-order valence-electron chi connectivity index (χ1n) is 5.10. The highest BCUT2D eigenvalue weighted by atomic mass is 16.5. The average Bonchev–Trinajstić information content (AvgIpc) is 2.34. The molecule has 0 heterocycles. The summed E-state index contributed by atoms with van der Waals surface area (Å²) in [5.74, 6) is 1.78. The largest absolute Gasteiger partial charge is 0.496 e. The summed E-state index contributed by atoms with van der Waals surface area (Å²) in [6.45, 7) is 0.802. The molecular weight excluding hydrogens is 220 g/mol. The SMILES string of the molecule is C#CCCOCc1ccc(OC)c(C(=O)O)c1. The molecule has 0 saturated carbocycles. The Morgan fingerprint density at radius 1 is 1.53 bits per heavy atom. The summed E-state index contributed by atoms with van der Waals surface area (Å²) >= 11 is 0. The summed E-state index contributed by atoms with van der Waals surface area (Å²) in [5, 5.41) is 8.98. The van der Waals surface area contributed by atoms with E-state index in [4.69, 9.17) is 21.0 Å². The quantitative estimate of drug-likeness (QED) is 0.603. The first-order chi connectivity index (χ1) is 8.19. The molecule has 4 nitrogen and oxygen atoms in total. The summed E-state index contributed by atoms with van der Waals surface area (Å²) in [4.78, 5) is 11.0. The van der Waals surface area contributed by atoms with Gasteiger partial charge in [0.2, 0.25) is 0 Å². The van der Waals surface area contributed by atoms with Gasteiger partial charge in [-0.25, -0.2) is 4.79 Å². The lowest BCUT2D eigenvalue weighted by atomic mass is 10.1. The van der Waals surface area contributed by atoms with E-state index in [1.165, 1.54) is 13.2 Å². The first kappa shape index (κ1) is 13.1. The molecule has 0 aliphatic carbocycles. The van der Waals surface area contributed by atoms with Crippen LogP contribution >= 0.6 is 0 Å². The van der Waals surface area contributed by atoms with E-state index in [2.05, 4.69) is 5.92 Å². The summed E-state index contributed by atoms with van der Waals surface area (Å²) in [6.07, 6.45) is 5.63. The van der Waals surface area contributed by atoms with Gasteiger partial charge >= 0.3 is 5.97 Å². The maximum atomic E-state index is 11.0. The van der Waals surface area contributed by atoms with Gasteiger partial charge in [-0.1, -0.05) is 6.07 Å². The normalized spacial score (nSPS) is 9.65. The number of terminal acetylenes is 1. The third kappa shape index (κ3) is 3.82. The van der Waals surface area contributed by atoms with E-state index < -0.39 is 5.97 Å². The molecule has 0 bridgehead atoms. The van der Waals surface area contributed by atoms with Crippen LogP contribution in [0.3, 0.4) is 0 Å². The highest BCUT2D eigenvalue weighted by Gasteiger charge is 2.11. The standard InChI is InChI=1S/C13H14O4/c1-3-4-7-17-9-10-5-6-12(16-2)11(8-10)13(14)15/h1,5-6,8H,4,7,9H2,2H3,(H,14,15). The number of hydrogen-bond donors (Lipinski definition) is 1. The molecule has 1 aromatic carbocycles. The monoisotopic (exact) mass is 234 g/mol. The molecule has 0 unspecified atom stereocenters. The zero-order valence-electron chi connectivity index (χ0n) is 9.60. The van der Waals surface area contributed by atoms with Crippen molar-refractivity contribution < 1.29 is 19.4 Å². The predicted molar refractivity (Wildman–Crippen MR) is 63.1 cm³/mol. The number of rotatable bonds is 6. The van der Waals surface area contributed by atoms with Gasteiger partial charge in [0, 0.05) is 6.42 Å². The molecule has 1 N–H and O–H groups in total. The van der Waals surface area contributed by atoms with Crippen molar-refractivity contribution in [3.8, 4) is 18.1 Å². The van der Waals surface area contributed by atoms with Crippen LogP contribution < -0.4 is 4.74 Å². The average molecular weight is 234 g/mol. The number of methoxy groups -OCH3 is 1. The van der Waals surface area contributed by atoms with E-state index in [1.807, 2.05) is 0 Å². The van der Waals surface area contributed by atoms with Crippen LogP contribution in [0.15, 0.2) is 18.2 Å². The topological polar surface area (TPSA) is 55.8 Å². The Morgan fingerprint density at radius 2 is 2.29 bits per heavy atom. The van der Waals surface area contributed by atoms with Gasteiger partial charge < -0.3 is 14.6 Å². The number of ether oxygens (including phenoxy) is 2. The Morgan fingerprint density at radius 3 is 2.88 bits per heavy atom. The van der Waals surface area contributed by atoms with Gasteiger partial charge in [-0.05, 0) is 17.7 Å². The summed E-state index contributed by atoms with van der Waals surface area (Å²) < 4.78 is 10.2. The second-order valence-electron chi connectivity index (χ2n) is 3.35. The molecule has 17 heavy (non-hydrogen) atoms. The van der Waals surface area contributed by atoms with Crippen molar-refractivity contribution in [3.63, 3.8) is 0 Å².